The smallest absolute Gasteiger partial charge is 0.417 e. The van der Waals surface area contributed by atoms with Crippen LogP contribution in [-0.4, -0.2) is 45.0 Å². The molecular weight excluding hydrogens is 545 g/mol. The highest BCUT2D eigenvalue weighted by atomic mass is 35.5. The molecule has 40 heavy (non-hydrogen) atoms. The van der Waals surface area contributed by atoms with E-state index in [1.54, 1.807) is 48.1 Å². The van der Waals surface area contributed by atoms with Gasteiger partial charge in [0.25, 0.3) is 0 Å². The van der Waals surface area contributed by atoms with Crippen LogP contribution in [-0.2, 0) is 18.0 Å². The van der Waals surface area contributed by atoms with Crippen molar-refractivity contribution in [2.45, 2.75) is 25.9 Å². The van der Waals surface area contributed by atoms with Gasteiger partial charge in [-0.2, -0.15) is 13.2 Å². The predicted octanol–water partition coefficient (Wildman–Crippen LogP) is 6.85. The number of aromatic nitrogens is 3. The summed E-state index contributed by atoms with van der Waals surface area (Å²) in [6, 6.07) is 12.2. The van der Waals surface area contributed by atoms with E-state index in [-0.39, 0.29) is 22.5 Å². The number of alkyl halides is 3. The Bertz CT molecular complexity index is 1530. The Balaban J connectivity index is 1.28. The SMILES string of the molecule is CCN1CCC(C(=O)Nc2cc(Oc3ccc4c(c3)nc(Nc3ccc(Cl)c(C(F)(F)F)c3)n4C)ccn2)CC1. The first-order valence-electron chi connectivity index (χ1n) is 12.9. The maximum absolute atomic E-state index is 13.3. The lowest BCUT2D eigenvalue weighted by Gasteiger charge is -2.30. The molecule has 5 rings (SSSR count). The number of piperidine rings is 1. The van der Waals surface area contributed by atoms with Crippen LogP contribution in [0.25, 0.3) is 11.0 Å². The molecule has 1 aliphatic heterocycles. The van der Waals surface area contributed by atoms with E-state index in [1.807, 2.05) is 0 Å². The van der Waals surface area contributed by atoms with E-state index in [4.69, 9.17) is 16.3 Å². The minimum atomic E-state index is -4.57. The van der Waals surface area contributed by atoms with Crippen LogP contribution in [0.4, 0.5) is 30.6 Å². The summed E-state index contributed by atoms with van der Waals surface area (Å²) in [5.41, 5.74) is 0.600. The number of carbonyl (C=O) groups excluding carboxylic acids is 1. The Kier molecular flexibility index (Phi) is 7.86. The monoisotopic (exact) mass is 572 g/mol. The van der Waals surface area contributed by atoms with Gasteiger partial charge in [-0.3, -0.25) is 4.79 Å². The maximum atomic E-state index is 13.3. The number of hydrogen-bond donors (Lipinski definition) is 2. The minimum absolute atomic E-state index is 0.0432. The lowest BCUT2D eigenvalue weighted by atomic mass is 9.96. The van der Waals surface area contributed by atoms with Gasteiger partial charge in [0.15, 0.2) is 0 Å². The molecule has 0 radical (unpaired) electrons. The molecule has 1 fully saturated rings. The Morgan fingerprint density at radius 2 is 1.85 bits per heavy atom. The first-order chi connectivity index (χ1) is 19.1. The van der Waals surface area contributed by atoms with Gasteiger partial charge in [0.1, 0.15) is 17.3 Å². The Morgan fingerprint density at radius 1 is 1.10 bits per heavy atom. The van der Waals surface area contributed by atoms with Gasteiger partial charge in [-0.15, -0.1) is 0 Å². The summed E-state index contributed by atoms with van der Waals surface area (Å²) in [6.45, 7) is 4.93. The van der Waals surface area contributed by atoms with Gasteiger partial charge in [0, 0.05) is 37.0 Å². The summed E-state index contributed by atoms with van der Waals surface area (Å²) in [5.74, 6) is 1.65. The number of imidazole rings is 1. The Morgan fingerprint density at radius 3 is 2.58 bits per heavy atom. The number of nitrogens with zero attached hydrogens (tertiary/aromatic N) is 4. The number of hydrogen-bond acceptors (Lipinski definition) is 6. The van der Waals surface area contributed by atoms with Crippen LogP contribution in [0.1, 0.15) is 25.3 Å². The van der Waals surface area contributed by atoms with Crippen molar-refractivity contribution < 1.29 is 22.7 Å². The molecule has 0 bridgehead atoms. The average Bonchev–Trinajstić information content (AvgIpc) is 3.23. The fourth-order valence-electron chi connectivity index (χ4n) is 4.72. The number of carbonyl (C=O) groups is 1. The number of ether oxygens (including phenoxy) is 1. The third-order valence-corrected chi connectivity index (χ3v) is 7.33. The lowest BCUT2D eigenvalue weighted by molar-refractivity contribution is -0.137. The van der Waals surface area contributed by atoms with Crippen molar-refractivity contribution in [3.8, 4) is 11.5 Å². The van der Waals surface area contributed by atoms with Crippen molar-refractivity contribution in [2.75, 3.05) is 30.3 Å². The second-order valence-electron chi connectivity index (χ2n) is 9.64. The summed E-state index contributed by atoms with van der Waals surface area (Å²) in [4.78, 5) is 23.8. The standard InChI is InChI=1S/C28H28ClF3N6O2/c1-3-38-12-9-17(10-13-38)26(39)36-25-16-20(8-11-33-25)40-19-5-7-24-23(15-19)35-27(37(24)2)34-18-4-6-22(29)21(14-18)28(30,31)32/h4-8,11,14-17H,3,9-10,12-13H2,1-2H3,(H,34,35)(H,33,36,39). The highest BCUT2D eigenvalue weighted by molar-refractivity contribution is 6.31. The quantitative estimate of drug-likeness (QED) is 0.252. The molecule has 12 heteroatoms. The van der Waals surface area contributed by atoms with Crippen LogP contribution >= 0.6 is 11.6 Å². The topological polar surface area (TPSA) is 84.3 Å². The number of pyridine rings is 1. The molecule has 1 amide bonds. The van der Waals surface area contributed by atoms with Crippen molar-refractivity contribution in [3.05, 3.63) is 65.3 Å². The van der Waals surface area contributed by atoms with Crippen LogP contribution in [0.2, 0.25) is 5.02 Å². The maximum Gasteiger partial charge on any atom is 0.417 e. The van der Waals surface area contributed by atoms with Gasteiger partial charge >= 0.3 is 6.18 Å². The van der Waals surface area contributed by atoms with Crippen LogP contribution < -0.4 is 15.4 Å². The lowest BCUT2D eigenvalue weighted by Crippen LogP contribution is -2.38. The molecule has 2 aromatic heterocycles. The largest absolute Gasteiger partial charge is 0.457 e. The second-order valence-corrected chi connectivity index (χ2v) is 10.0. The van der Waals surface area contributed by atoms with Crippen molar-refractivity contribution >= 4 is 46.0 Å². The number of amides is 1. The van der Waals surface area contributed by atoms with E-state index >= 15 is 0 Å². The molecule has 0 spiro atoms. The fraction of sp³-hybridized carbons (Fsp3) is 0.321. The van der Waals surface area contributed by atoms with Crippen molar-refractivity contribution in [1.82, 2.24) is 19.4 Å². The zero-order valence-electron chi connectivity index (χ0n) is 21.9. The number of halogens is 4. The number of fused-ring (bicyclic) bond motifs is 1. The Labute approximate surface area is 234 Å². The van der Waals surface area contributed by atoms with E-state index in [0.717, 1.165) is 44.1 Å². The molecule has 0 atom stereocenters. The summed E-state index contributed by atoms with van der Waals surface area (Å²) < 4.78 is 47.5. The van der Waals surface area contributed by atoms with E-state index in [9.17, 15) is 18.0 Å². The summed E-state index contributed by atoms with van der Waals surface area (Å²) >= 11 is 5.73. The highest BCUT2D eigenvalue weighted by Crippen LogP contribution is 2.37. The van der Waals surface area contributed by atoms with Crippen LogP contribution in [0.5, 0.6) is 11.5 Å². The zero-order chi connectivity index (χ0) is 28.4. The number of rotatable bonds is 7. The van der Waals surface area contributed by atoms with Crippen LogP contribution in [0, 0.1) is 5.92 Å². The highest BCUT2D eigenvalue weighted by Gasteiger charge is 2.33. The molecule has 4 aromatic rings. The van der Waals surface area contributed by atoms with Crippen LogP contribution in [0.3, 0.4) is 0 Å². The van der Waals surface area contributed by atoms with Crippen molar-refractivity contribution in [1.29, 1.82) is 0 Å². The molecule has 0 saturated carbocycles. The average molecular weight is 573 g/mol. The summed E-state index contributed by atoms with van der Waals surface area (Å²) in [5, 5.41) is 5.46. The summed E-state index contributed by atoms with van der Waals surface area (Å²) in [6.07, 6.45) is -1.38. The number of anilines is 3. The molecular formula is C28H28ClF3N6O2. The second kappa shape index (κ2) is 11.3. The summed E-state index contributed by atoms with van der Waals surface area (Å²) in [7, 11) is 1.75. The number of nitrogens with one attached hydrogen (secondary N) is 2. The van der Waals surface area contributed by atoms with Crippen molar-refractivity contribution in [2.24, 2.45) is 13.0 Å². The van der Waals surface area contributed by atoms with E-state index in [0.29, 0.717) is 28.8 Å². The molecule has 0 aliphatic carbocycles. The normalized spacial score (nSPS) is 14.8. The predicted molar refractivity (Wildman–Crippen MR) is 148 cm³/mol. The molecule has 210 valence electrons. The van der Waals surface area contributed by atoms with E-state index in [1.165, 1.54) is 12.1 Å². The Hall–Kier alpha value is -3.83. The molecule has 0 unspecified atom stereocenters. The molecule has 3 heterocycles. The van der Waals surface area contributed by atoms with E-state index < -0.39 is 11.7 Å². The zero-order valence-corrected chi connectivity index (χ0v) is 22.7. The first-order valence-corrected chi connectivity index (χ1v) is 13.3. The molecule has 1 aliphatic rings. The minimum Gasteiger partial charge on any atom is -0.457 e. The van der Waals surface area contributed by atoms with Gasteiger partial charge < -0.3 is 24.8 Å². The third-order valence-electron chi connectivity index (χ3n) is 7.00. The van der Waals surface area contributed by atoms with Gasteiger partial charge in [-0.05, 0) is 68.9 Å². The molecule has 2 aromatic carbocycles. The van der Waals surface area contributed by atoms with E-state index in [2.05, 4.69) is 32.4 Å². The van der Waals surface area contributed by atoms with Gasteiger partial charge in [-0.1, -0.05) is 18.5 Å². The van der Waals surface area contributed by atoms with Gasteiger partial charge in [-0.25, -0.2) is 9.97 Å². The fourth-order valence-corrected chi connectivity index (χ4v) is 4.95. The van der Waals surface area contributed by atoms with Crippen molar-refractivity contribution in [3.63, 3.8) is 0 Å². The van der Waals surface area contributed by atoms with Gasteiger partial charge in [0.05, 0.1) is 21.6 Å². The number of benzene rings is 2. The number of likely N-dealkylation sites (tertiary alicyclic amines) is 1. The number of aryl methyl sites for hydroxylation is 1. The third kappa shape index (κ3) is 6.15. The van der Waals surface area contributed by atoms with Gasteiger partial charge in [0.2, 0.25) is 11.9 Å². The van der Waals surface area contributed by atoms with Crippen LogP contribution in [0.15, 0.2) is 54.7 Å². The molecule has 1 saturated heterocycles. The molecule has 8 nitrogen and oxygen atoms in total. The first kappa shape index (κ1) is 27.7. The molecule has 2 N–H and O–H groups in total.